The highest BCUT2D eigenvalue weighted by molar-refractivity contribution is 5.79. The normalized spacial score (nSPS) is 11.1. The van der Waals surface area contributed by atoms with Crippen LogP contribution in [0.5, 0.6) is 0 Å². The van der Waals surface area contributed by atoms with Crippen molar-refractivity contribution >= 4 is 0 Å². The molecule has 3 heterocycles. The number of pyridine rings is 1. The minimum atomic E-state index is 0.535. The lowest BCUT2D eigenvalue weighted by Crippen LogP contribution is -2.07. The van der Waals surface area contributed by atoms with Gasteiger partial charge in [0.25, 0.3) is 0 Å². The molecule has 4 rings (SSSR count). The maximum atomic E-state index is 4.71. The Kier molecular flexibility index (Phi) is 5.69. The number of hydrogen-bond donors (Lipinski definition) is 1. The Hall–Kier alpha value is -3.42. The Morgan fingerprint density at radius 1 is 0.966 bits per heavy atom. The van der Waals surface area contributed by atoms with Crippen LogP contribution in [0.4, 0.5) is 0 Å². The monoisotopic (exact) mass is 388 g/mol. The lowest BCUT2D eigenvalue weighted by Gasteiger charge is -2.09. The van der Waals surface area contributed by atoms with Gasteiger partial charge in [0.1, 0.15) is 5.82 Å². The number of aryl methyl sites for hydroxylation is 2. The van der Waals surface area contributed by atoms with Gasteiger partial charge in [-0.05, 0) is 40.8 Å². The molecule has 1 N–H and O–H groups in total. The summed E-state index contributed by atoms with van der Waals surface area (Å²) in [5, 5.41) is 19.0. The molecule has 0 bridgehead atoms. The quantitative estimate of drug-likeness (QED) is 0.496. The summed E-state index contributed by atoms with van der Waals surface area (Å²) in [6.07, 6.45) is 7.51. The molecule has 3 aromatic heterocycles. The lowest BCUT2D eigenvalue weighted by atomic mass is 10.00. The third kappa shape index (κ3) is 4.21. The Bertz CT molecular complexity index is 1050. The second kappa shape index (κ2) is 8.72. The van der Waals surface area contributed by atoms with Crippen molar-refractivity contribution in [3.8, 4) is 22.5 Å². The van der Waals surface area contributed by atoms with Crippen molar-refractivity contribution in [1.82, 2.24) is 40.4 Å². The van der Waals surface area contributed by atoms with E-state index in [2.05, 4.69) is 63.7 Å². The predicted octanol–water partition coefficient (Wildman–Crippen LogP) is 3.47. The number of aromatic nitrogens is 8. The number of benzene rings is 1. The van der Waals surface area contributed by atoms with E-state index in [1.54, 1.807) is 12.4 Å². The van der Waals surface area contributed by atoms with Gasteiger partial charge in [-0.25, -0.2) is 9.67 Å². The Labute approximate surface area is 169 Å². The second-order valence-corrected chi connectivity index (χ2v) is 6.96. The summed E-state index contributed by atoms with van der Waals surface area (Å²) < 4.78 is 2.04. The SMILES string of the molecule is CCCc1nc(CCC)n(Cc2ccc(-c3ccncc3-c3nn[nH]n3)cc2)n1. The molecular weight excluding hydrogens is 364 g/mol. The van der Waals surface area contributed by atoms with Gasteiger partial charge in [-0.3, -0.25) is 4.98 Å². The number of tetrazole rings is 1. The average Bonchev–Trinajstić information content (AvgIpc) is 3.40. The third-order valence-electron chi connectivity index (χ3n) is 4.74. The minimum Gasteiger partial charge on any atom is -0.264 e. The van der Waals surface area contributed by atoms with Crippen molar-refractivity contribution in [3.05, 3.63) is 59.9 Å². The molecule has 148 valence electrons. The molecule has 0 atom stereocenters. The Balaban J connectivity index is 1.59. The van der Waals surface area contributed by atoms with Gasteiger partial charge in [0.2, 0.25) is 5.82 Å². The summed E-state index contributed by atoms with van der Waals surface area (Å²) in [6, 6.07) is 10.4. The van der Waals surface area contributed by atoms with Crippen LogP contribution in [0.25, 0.3) is 22.5 Å². The van der Waals surface area contributed by atoms with Crippen LogP contribution in [-0.2, 0) is 19.4 Å². The van der Waals surface area contributed by atoms with Gasteiger partial charge in [0, 0.05) is 30.8 Å². The highest BCUT2D eigenvalue weighted by atomic mass is 15.5. The van der Waals surface area contributed by atoms with Crippen LogP contribution in [0.15, 0.2) is 42.7 Å². The number of nitrogens with zero attached hydrogens (tertiary/aromatic N) is 7. The molecule has 0 saturated carbocycles. The number of aromatic amines is 1. The first kappa shape index (κ1) is 18.9. The number of nitrogens with one attached hydrogen (secondary N) is 1. The van der Waals surface area contributed by atoms with E-state index in [-0.39, 0.29) is 0 Å². The fraction of sp³-hybridized carbons (Fsp3) is 0.333. The van der Waals surface area contributed by atoms with Crippen LogP contribution >= 0.6 is 0 Å². The minimum absolute atomic E-state index is 0.535. The summed E-state index contributed by atoms with van der Waals surface area (Å²) >= 11 is 0. The van der Waals surface area contributed by atoms with Crippen LogP contribution in [0.2, 0.25) is 0 Å². The summed E-state index contributed by atoms with van der Waals surface area (Å²) in [5.74, 6) is 2.54. The second-order valence-electron chi connectivity index (χ2n) is 6.96. The smallest absolute Gasteiger partial charge is 0.206 e. The first-order chi connectivity index (χ1) is 14.3. The summed E-state index contributed by atoms with van der Waals surface area (Å²) in [5.41, 5.74) is 4.13. The van der Waals surface area contributed by atoms with Crippen LogP contribution in [-0.4, -0.2) is 40.4 Å². The molecule has 0 unspecified atom stereocenters. The molecule has 4 aromatic rings. The summed E-state index contributed by atoms with van der Waals surface area (Å²) in [7, 11) is 0. The topological polar surface area (TPSA) is 98.1 Å². The van der Waals surface area contributed by atoms with Crippen LogP contribution in [0.3, 0.4) is 0 Å². The molecular formula is C21H24N8. The number of rotatable bonds is 8. The van der Waals surface area contributed by atoms with E-state index in [0.29, 0.717) is 5.82 Å². The molecule has 0 amide bonds. The highest BCUT2D eigenvalue weighted by Crippen LogP contribution is 2.29. The lowest BCUT2D eigenvalue weighted by molar-refractivity contribution is 0.623. The first-order valence-electron chi connectivity index (χ1n) is 9.98. The zero-order chi connectivity index (χ0) is 20.1. The largest absolute Gasteiger partial charge is 0.264 e. The summed E-state index contributed by atoms with van der Waals surface area (Å²) in [6.45, 7) is 5.05. The molecule has 0 aliphatic carbocycles. The molecule has 0 radical (unpaired) electrons. The standard InChI is InChI=1S/C21H24N8/c1-3-5-19-23-20(6-4-2)29(26-19)14-15-7-9-16(10-8-15)17-11-12-22-13-18(17)21-24-27-28-25-21/h7-13H,3-6,14H2,1-2H3,(H,24,25,27,28). The van der Waals surface area contributed by atoms with Gasteiger partial charge in [-0.2, -0.15) is 10.3 Å². The van der Waals surface area contributed by atoms with Crippen molar-refractivity contribution in [3.63, 3.8) is 0 Å². The molecule has 1 aromatic carbocycles. The third-order valence-corrected chi connectivity index (χ3v) is 4.74. The highest BCUT2D eigenvalue weighted by Gasteiger charge is 2.12. The molecule has 0 saturated heterocycles. The van der Waals surface area contributed by atoms with Crippen LogP contribution < -0.4 is 0 Å². The molecule has 8 heteroatoms. The van der Waals surface area contributed by atoms with Crippen molar-refractivity contribution in [2.45, 2.75) is 46.1 Å². The maximum absolute atomic E-state index is 4.71. The number of hydrogen-bond acceptors (Lipinski definition) is 6. The van der Waals surface area contributed by atoms with E-state index in [4.69, 9.17) is 10.1 Å². The zero-order valence-corrected chi connectivity index (χ0v) is 16.7. The molecule has 8 nitrogen and oxygen atoms in total. The van der Waals surface area contributed by atoms with Gasteiger partial charge in [0.15, 0.2) is 5.82 Å². The van der Waals surface area contributed by atoms with Gasteiger partial charge >= 0.3 is 0 Å². The maximum Gasteiger partial charge on any atom is 0.206 e. The summed E-state index contributed by atoms with van der Waals surface area (Å²) in [4.78, 5) is 8.92. The fourth-order valence-corrected chi connectivity index (χ4v) is 3.35. The van der Waals surface area contributed by atoms with E-state index in [0.717, 1.165) is 60.6 Å². The fourth-order valence-electron chi connectivity index (χ4n) is 3.35. The Morgan fingerprint density at radius 2 is 1.79 bits per heavy atom. The van der Waals surface area contributed by atoms with Crippen molar-refractivity contribution in [2.75, 3.05) is 0 Å². The van der Waals surface area contributed by atoms with Crippen molar-refractivity contribution in [2.24, 2.45) is 0 Å². The van der Waals surface area contributed by atoms with Gasteiger partial charge in [0.05, 0.1) is 6.54 Å². The molecule has 0 fully saturated rings. The van der Waals surface area contributed by atoms with E-state index < -0.39 is 0 Å². The predicted molar refractivity (Wildman–Crippen MR) is 110 cm³/mol. The average molecular weight is 388 g/mol. The van der Waals surface area contributed by atoms with Crippen molar-refractivity contribution < 1.29 is 0 Å². The van der Waals surface area contributed by atoms with E-state index >= 15 is 0 Å². The molecule has 0 aliphatic heterocycles. The molecule has 0 spiro atoms. The zero-order valence-electron chi connectivity index (χ0n) is 16.7. The van der Waals surface area contributed by atoms with Gasteiger partial charge in [-0.15, -0.1) is 10.2 Å². The van der Waals surface area contributed by atoms with E-state index in [1.807, 2.05) is 10.7 Å². The van der Waals surface area contributed by atoms with Gasteiger partial charge < -0.3 is 0 Å². The first-order valence-corrected chi connectivity index (χ1v) is 9.98. The van der Waals surface area contributed by atoms with Crippen LogP contribution in [0, 0.1) is 0 Å². The van der Waals surface area contributed by atoms with Crippen molar-refractivity contribution in [1.29, 1.82) is 0 Å². The van der Waals surface area contributed by atoms with E-state index in [9.17, 15) is 0 Å². The number of H-pyrrole nitrogens is 1. The molecule has 29 heavy (non-hydrogen) atoms. The molecule has 0 aliphatic rings. The Morgan fingerprint density at radius 3 is 2.52 bits per heavy atom. The van der Waals surface area contributed by atoms with E-state index in [1.165, 1.54) is 5.56 Å². The van der Waals surface area contributed by atoms with Crippen LogP contribution in [0.1, 0.15) is 43.9 Å². The van der Waals surface area contributed by atoms with Gasteiger partial charge in [-0.1, -0.05) is 38.1 Å².